The van der Waals surface area contributed by atoms with Crippen LogP contribution in [0.3, 0.4) is 0 Å². The van der Waals surface area contributed by atoms with Gasteiger partial charge >= 0.3 is 0 Å². The van der Waals surface area contributed by atoms with E-state index in [9.17, 15) is 0 Å². The van der Waals surface area contributed by atoms with E-state index >= 15 is 0 Å². The number of thiazole rings is 1. The van der Waals surface area contributed by atoms with Crippen molar-refractivity contribution in [3.63, 3.8) is 0 Å². The van der Waals surface area contributed by atoms with E-state index in [1.165, 1.54) is 12.8 Å². The molecule has 0 radical (unpaired) electrons. The first-order valence-corrected chi connectivity index (χ1v) is 11.2. The number of halogens is 1. The first kappa shape index (κ1) is 22.9. The monoisotopic (exact) mass is 543 g/mol. The Morgan fingerprint density at radius 2 is 2.07 bits per heavy atom. The fourth-order valence-corrected chi connectivity index (χ4v) is 4.51. The van der Waals surface area contributed by atoms with Crippen molar-refractivity contribution in [3.8, 4) is 11.5 Å². The molecule has 1 saturated heterocycles. The Bertz CT molecular complexity index is 854. The van der Waals surface area contributed by atoms with Crippen LogP contribution in [0.15, 0.2) is 28.6 Å². The van der Waals surface area contributed by atoms with Gasteiger partial charge in [-0.05, 0) is 37.5 Å². The number of benzene rings is 1. The highest BCUT2D eigenvalue weighted by Crippen LogP contribution is 2.32. The molecular formula is C21H30IN5O2S. The van der Waals surface area contributed by atoms with Crippen LogP contribution >= 0.6 is 35.3 Å². The second-order valence-electron chi connectivity index (χ2n) is 7.34. The van der Waals surface area contributed by atoms with E-state index in [4.69, 9.17) is 19.5 Å². The van der Waals surface area contributed by atoms with Crippen molar-refractivity contribution in [2.75, 3.05) is 44.9 Å². The summed E-state index contributed by atoms with van der Waals surface area (Å²) in [6, 6.07) is 6.08. The smallest absolute Gasteiger partial charge is 0.231 e. The summed E-state index contributed by atoms with van der Waals surface area (Å²) >= 11 is 1.75. The largest absolute Gasteiger partial charge is 0.454 e. The number of nitrogens with zero attached hydrogens (tertiary/aromatic N) is 4. The number of guanidine groups is 1. The quantitative estimate of drug-likeness (QED) is 0.327. The molecule has 4 rings (SSSR count). The van der Waals surface area contributed by atoms with Gasteiger partial charge in [0.05, 0.1) is 5.69 Å². The van der Waals surface area contributed by atoms with Crippen molar-refractivity contribution in [2.24, 2.45) is 4.99 Å². The van der Waals surface area contributed by atoms with E-state index in [-0.39, 0.29) is 24.0 Å². The molecule has 2 aromatic rings. The molecule has 2 aliphatic rings. The average Bonchev–Trinajstić information content (AvgIpc) is 3.47. The predicted molar refractivity (Wildman–Crippen MR) is 133 cm³/mol. The molecule has 0 spiro atoms. The van der Waals surface area contributed by atoms with Crippen LogP contribution in [-0.4, -0.2) is 55.9 Å². The minimum atomic E-state index is 0. The highest BCUT2D eigenvalue weighted by molar-refractivity contribution is 14.0. The van der Waals surface area contributed by atoms with Crippen molar-refractivity contribution < 1.29 is 9.47 Å². The van der Waals surface area contributed by atoms with Crippen LogP contribution in [0.25, 0.3) is 0 Å². The van der Waals surface area contributed by atoms with E-state index in [0.717, 1.165) is 73.0 Å². The van der Waals surface area contributed by atoms with Crippen LogP contribution in [-0.2, 0) is 13.0 Å². The third-order valence-corrected chi connectivity index (χ3v) is 6.05. The van der Waals surface area contributed by atoms with Crippen LogP contribution in [0.4, 0.5) is 5.13 Å². The zero-order valence-corrected chi connectivity index (χ0v) is 20.7. The van der Waals surface area contributed by atoms with Gasteiger partial charge in [0.25, 0.3) is 0 Å². The van der Waals surface area contributed by atoms with Gasteiger partial charge in [-0.3, -0.25) is 4.99 Å². The van der Waals surface area contributed by atoms with Crippen LogP contribution in [0.5, 0.6) is 11.5 Å². The number of anilines is 1. The lowest BCUT2D eigenvalue weighted by Crippen LogP contribution is -2.38. The minimum Gasteiger partial charge on any atom is -0.454 e. The fourth-order valence-electron chi connectivity index (χ4n) is 3.60. The van der Waals surface area contributed by atoms with Crippen LogP contribution in [0.2, 0.25) is 0 Å². The Morgan fingerprint density at radius 3 is 2.87 bits per heavy atom. The molecule has 1 aromatic heterocycles. The molecule has 1 aromatic carbocycles. The van der Waals surface area contributed by atoms with Crippen molar-refractivity contribution in [2.45, 2.75) is 32.7 Å². The number of rotatable bonds is 7. The molecule has 0 aliphatic carbocycles. The van der Waals surface area contributed by atoms with Crippen molar-refractivity contribution in [3.05, 3.63) is 34.8 Å². The summed E-state index contributed by atoms with van der Waals surface area (Å²) in [4.78, 5) is 14.1. The predicted octanol–water partition coefficient (Wildman–Crippen LogP) is 3.73. The lowest BCUT2D eigenvalue weighted by molar-refractivity contribution is 0.174. The molecule has 0 atom stereocenters. The topological polar surface area (TPSA) is 62.2 Å². The molecule has 3 heterocycles. The Labute approximate surface area is 199 Å². The SMILES string of the molecule is CCNC(=NCCc1csc(N2CCCC2)n1)N(C)Cc1ccc2c(c1)OCO2.I. The summed E-state index contributed by atoms with van der Waals surface area (Å²) in [6.07, 6.45) is 3.42. The first-order chi connectivity index (χ1) is 14.2. The lowest BCUT2D eigenvalue weighted by Gasteiger charge is -2.22. The van der Waals surface area contributed by atoms with Crippen LogP contribution < -0.4 is 19.7 Å². The number of nitrogens with one attached hydrogen (secondary N) is 1. The molecular weight excluding hydrogens is 513 g/mol. The average molecular weight is 543 g/mol. The highest BCUT2D eigenvalue weighted by atomic mass is 127. The summed E-state index contributed by atoms with van der Waals surface area (Å²) in [5.74, 6) is 2.53. The zero-order chi connectivity index (χ0) is 20.1. The van der Waals surface area contributed by atoms with Gasteiger partial charge in [-0.2, -0.15) is 0 Å². The molecule has 2 aliphatic heterocycles. The maximum atomic E-state index is 5.49. The Morgan fingerprint density at radius 1 is 1.27 bits per heavy atom. The molecule has 164 valence electrons. The molecule has 0 unspecified atom stereocenters. The van der Waals surface area contributed by atoms with Crippen molar-refractivity contribution >= 4 is 46.4 Å². The number of fused-ring (bicyclic) bond motifs is 1. The van der Waals surface area contributed by atoms with Gasteiger partial charge in [0.2, 0.25) is 6.79 Å². The van der Waals surface area contributed by atoms with E-state index in [2.05, 4.69) is 40.5 Å². The normalized spacial score (nSPS) is 15.3. The van der Waals surface area contributed by atoms with Crippen molar-refractivity contribution in [1.29, 1.82) is 0 Å². The zero-order valence-electron chi connectivity index (χ0n) is 17.6. The van der Waals surface area contributed by atoms with Gasteiger partial charge in [0, 0.05) is 51.6 Å². The Hall–Kier alpha value is -1.75. The maximum Gasteiger partial charge on any atom is 0.231 e. The summed E-state index contributed by atoms with van der Waals surface area (Å²) in [5, 5.41) is 6.72. The third kappa shape index (κ3) is 5.69. The van der Waals surface area contributed by atoms with Gasteiger partial charge in [-0.1, -0.05) is 6.07 Å². The Kier molecular flexibility index (Phi) is 8.43. The molecule has 30 heavy (non-hydrogen) atoms. The van der Waals surface area contributed by atoms with Gasteiger partial charge < -0.3 is 24.6 Å². The number of aromatic nitrogens is 1. The maximum absolute atomic E-state index is 5.49. The fraction of sp³-hybridized carbons (Fsp3) is 0.524. The molecule has 1 fully saturated rings. The van der Waals surface area contributed by atoms with E-state index in [1.807, 2.05) is 12.1 Å². The number of ether oxygens (including phenoxy) is 2. The number of hydrogen-bond donors (Lipinski definition) is 1. The summed E-state index contributed by atoms with van der Waals surface area (Å²) in [7, 11) is 2.06. The van der Waals surface area contributed by atoms with Crippen LogP contribution in [0, 0.1) is 0 Å². The molecule has 0 bridgehead atoms. The number of aliphatic imine (C=N–C) groups is 1. The summed E-state index contributed by atoms with van der Waals surface area (Å²) in [6.45, 7) is 6.97. The highest BCUT2D eigenvalue weighted by Gasteiger charge is 2.16. The Balaban J connectivity index is 0.00000256. The summed E-state index contributed by atoms with van der Waals surface area (Å²) < 4.78 is 10.9. The second-order valence-corrected chi connectivity index (χ2v) is 8.18. The molecule has 0 saturated carbocycles. The third-order valence-electron chi connectivity index (χ3n) is 5.10. The van der Waals surface area contributed by atoms with Gasteiger partial charge in [-0.25, -0.2) is 4.98 Å². The van der Waals surface area contributed by atoms with Gasteiger partial charge in [0.15, 0.2) is 22.6 Å². The second kappa shape index (κ2) is 11.0. The van der Waals surface area contributed by atoms with E-state index < -0.39 is 0 Å². The summed E-state index contributed by atoms with van der Waals surface area (Å²) in [5.41, 5.74) is 2.30. The van der Waals surface area contributed by atoms with Gasteiger partial charge in [0.1, 0.15) is 0 Å². The number of hydrogen-bond acceptors (Lipinski definition) is 6. The first-order valence-electron chi connectivity index (χ1n) is 10.3. The van der Waals surface area contributed by atoms with Crippen LogP contribution in [0.1, 0.15) is 31.0 Å². The van der Waals surface area contributed by atoms with E-state index in [1.54, 1.807) is 11.3 Å². The van der Waals surface area contributed by atoms with Gasteiger partial charge in [-0.15, -0.1) is 35.3 Å². The molecule has 1 N–H and O–H groups in total. The standard InChI is InChI=1S/C21H29N5O2S.HI/c1-3-22-20(25(2)13-16-6-7-18-19(12-16)28-15-27-18)23-9-8-17-14-29-21(24-17)26-10-4-5-11-26;/h6-7,12,14H,3-5,8-11,13,15H2,1-2H3,(H,22,23);1H. The molecule has 9 heteroatoms. The lowest BCUT2D eigenvalue weighted by atomic mass is 10.2. The molecule has 0 amide bonds. The minimum absolute atomic E-state index is 0. The molecule has 7 nitrogen and oxygen atoms in total. The van der Waals surface area contributed by atoms with E-state index in [0.29, 0.717) is 6.79 Å². The van der Waals surface area contributed by atoms with Crippen molar-refractivity contribution in [1.82, 2.24) is 15.2 Å².